The van der Waals surface area contributed by atoms with Crippen molar-refractivity contribution in [2.24, 2.45) is 0 Å². The summed E-state index contributed by atoms with van der Waals surface area (Å²) in [7, 11) is 0. The number of nitrogens with one attached hydrogen (secondary N) is 1. The second kappa shape index (κ2) is 4.82. The lowest BCUT2D eigenvalue weighted by molar-refractivity contribution is 0.00887. The molecule has 1 aliphatic carbocycles. The summed E-state index contributed by atoms with van der Waals surface area (Å²) >= 11 is 5.97. The lowest BCUT2D eigenvalue weighted by Gasteiger charge is -2.42. The van der Waals surface area contributed by atoms with Gasteiger partial charge in [0, 0.05) is 24.6 Å². The number of hydrogen-bond acceptors (Lipinski definition) is 2. The lowest BCUT2D eigenvalue weighted by Crippen LogP contribution is -2.55. The van der Waals surface area contributed by atoms with E-state index in [1.807, 2.05) is 0 Å². The maximum absolute atomic E-state index is 5.97. The van der Waals surface area contributed by atoms with Gasteiger partial charge in [-0.3, -0.25) is 0 Å². The summed E-state index contributed by atoms with van der Waals surface area (Å²) in [4.78, 5) is 0. The van der Waals surface area contributed by atoms with Gasteiger partial charge in [-0.2, -0.15) is 0 Å². The zero-order valence-corrected chi connectivity index (χ0v) is 9.48. The van der Waals surface area contributed by atoms with Crippen molar-refractivity contribution >= 4 is 11.6 Å². The zero-order chi connectivity index (χ0) is 9.86. The Hall–Kier alpha value is 0.210. The van der Waals surface area contributed by atoms with Crippen LogP contribution < -0.4 is 5.32 Å². The molecule has 1 atom stereocenters. The molecular weight excluding hydrogens is 198 g/mol. The monoisotopic (exact) mass is 217 g/mol. The van der Waals surface area contributed by atoms with Gasteiger partial charge in [0.1, 0.15) is 0 Å². The van der Waals surface area contributed by atoms with E-state index in [0.29, 0.717) is 6.10 Å². The van der Waals surface area contributed by atoms with E-state index in [9.17, 15) is 0 Å². The molecule has 0 bridgehead atoms. The highest BCUT2D eigenvalue weighted by molar-refractivity contribution is 6.18. The molecule has 1 saturated heterocycles. The Balaban J connectivity index is 1.69. The Morgan fingerprint density at radius 3 is 2.64 bits per heavy atom. The number of hydrogen-bond donors (Lipinski definition) is 1. The third-order valence-electron chi connectivity index (χ3n) is 3.55. The van der Waals surface area contributed by atoms with Crippen molar-refractivity contribution in [1.29, 1.82) is 0 Å². The third kappa shape index (κ3) is 2.41. The summed E-state index contributed by atoms with van der Waals surface area (Å²) in [5, 5.41) is 3.60. The normalized spacial score (nSPS) is 31.1. The van der Waals surface area contributed by atoms with Gasteiger partial charge in [0.25, 0.3) is 0 Å². The number of rotatable bonds is 4. The van der Waals surface area contributed by atoms with Crippen molar-refractivity contribution in [3.8, 4) is 0 Å². The minimum atomic E-state index is 0.252. The largest absolute Gasteiger partial charge is 0.377 e. The fourth-order valence-electron chi connectivity index (χ4n) is 2.26. The first-order valence-electron chi connectivity index (χ1n) is 5.77. The maximum Gasteiger partial charge on any atom is 0.0699 e. The van der Waals surface area contributed by atoms with Crippen LogP contribution in [0.4, 0.5) is 0 Å². The van der Waals surface area contributed by atoms with Crippen molar-refractivity contribution in [2.45, 2.75) is 50.2 Å². The van der Waals surface area contributed by atoms with E-state index in [-0.39, 0.29) is 5.54 Å². The molecule has 2 fully saturated rings. The van der Waals surface area contributed by atoms with Gasteiger partial charge in [-0.05, 0) is 38.5 Å². The quantitative estimate of drug-likeness (QED) is 0.730. The van der Waals surface area contributed by atoms with Gasteiger partial charge in [0.2, 0.25) is 0 Å². The zero-order valence-electron chi connectivity index (χ0n) is 8.73. The molecule has 82 valence electrons. The third-order valence-corrected chi connectivity index (χ3v) is 4.06. The minimum absolute atomic E-state index is 0.252. The van der Waals surface area contributed by atoms with Gasteiger partial charge in [-0.1, -0.05) is 0 Å². The summed E-state index contributed by atoms with van der Waals surface area (Å²) in [6, 6.07) is 0. The Bertz CT molecular complexity index is 171. The van der Waals surface area contributed by atoms with Gasteiger partial charge < -0.3 is 10.1 Å². The van der Waals surface area contributed by atoms with E-state index in [4.69, 9.17) is 16.3 Å². The summed E-state index contributed by atoms with van der Waals surface area (Å²) < 4.78 is 5.68. The van der Waals surface area contributed by atoms with Crippen molar-refractivity contribution < 1.29 is 4.74 Å². The second-order valence-electron chi connectivity index (χ2n) is 4.64. The first-order valence-corrected chi connectivity index (χ1v) is 6.31. The molecule has 1 N–H and O–H groups in total. The maximum atomic E-state index is 5.97. The van der Waals surface area contributed by atoms with Crippen LogP contribution in [-0.4, -0.2) is 30.7 Å². The molecule has 0 spiro atoms. The molecular formula is C11H20ClNO. The van der Waals surface area contributed by atoms with Crippen LogP contribution in [0.3, 0.4) is 0 Å². The summed E-state index contributed by atoms with van der Waals surface area (Å²) in [6.07, 6.45) is 8.00. The summed E-state index contributed by atoms with van der Waals surface area (Å²) in [5.41, 5.74) is 0.252. The Kier molecular flexibility index (Phi) is 3.69. The van der Waals surface area contributed by atoms with Crippen LogP contribution in [0.15, 0.2) is 0 Å². The molecule has 0 radical (unpaired) electrons. The first kappa shape index (κ1) is 10.7. The van der Waals surface area contributed by atoms with E-state index in [1.54, 1.807) is 0 Å². The SMILES string of the molecule is ClCC1(NCC2CCCCO2)CCC1. The molecule has 1 aliphatic heterocycles. The Labute approximate surface area is 91.3 Å². The fraction of sp³-hybridized carbons (Fsp3) is 1.00. The standard InChI is InChI=1S/C11H20ClNO/c12-9-11(5-3-6-11)13-8-10-4-1-2-7-14-10/h10,13H,1-9H2. The van der Waals surface area contributed by atoms with Crippen LogP contribution in [-0.2, 0) is 4.74 Å². The molecule has 2 rings (SSSR count). The highest BCUT2D eigenvalue weighted by Gasteiger charge is 2.36. The van der Waals surface area contributed by atoms with Crippen molar-refractivity contribution in [2.75, 3.05) is 19.0 Å². The molecule has 2 nitrogen and oxygen atoms in total. The van der Waals surface area contributed by atoms with Crippen LogP contribution in [0.2, 0.25) is 0 Å². The molecule has 1 unspecified atom stereocenters. The van der Waals surface area contributed by atoms with Crippen LogP contribution in [0.1, 0.15) is 38.5 Å². The van der Waals surface area contributed by atoms with Gasteiger partial charge >= 0.3 is 0 Å². The first-order chi connectivity index (χ1) is 6.85. The molecule has 14 heavy (non-hydrogen) atoms. The Morgan fingerprint density at radius 1 is 1.29 bits per heavy atom. The van der Waals surface area contributed by atoms with Crippen LogP contribution >= 0.6 is 11.6 Å². The van der Waals surface area contributed by atoms with Gasteiger partial charge in [-0.25, -0.2) is 0 Å². The molecule has 1 heterocycles. The summed E-state index contributed by atoms with van der Waals surface area (Å²) in [6.45, 7) is 1.94. The molecule has 3 heteroatoms. The smallest absolute Gasteiger partial charge is 0.0699 e. The van der Waals surface area contributed by atoms with Crippen molar-refractivity contribution in [1.82, 2.24) is 5.32 Å². The van der Waals surface area contributed by atoms with Crippen molar-refractivity contribution in [3.63, 3.8) is 0 Å². The highest BCUT2D eigenvalue weighted by Crippen LogP contribution is 2.33. The number of ether oxygens (including phenoxy) is 1. The average molecular weight is 218 g/mol. The molecule has 0 aromatic heterocycles. The van der Waals surface area contributed by atoms with Crippen LogP contribution in [0.25, 0.3) is 0 Å². The number of halogens is 1. The highest BCUT2D eigenvalue weighted by atomic mass is 35.5. The van der Waals surface area contributed by atoms with E-state index in [2.05, 4.69) is 5.32 Å². The van der Waals surface area contributed by atoms with Gasteiger partial charge in [0.05, 0.1) is 6.10 Å². The lowest BCUT2D eigenvalue weighted by atomic mass is 9.78. The molecule has 1 saturated carbocycles. The van der Waals surface area contributed by atoms with E-state index in [1.165, 1.54) is 38.5 Å². The van der Waals surface area contributed by atoms with E-state index >= 15 is 0 Å². The van der Waals surface area contributed by atoms with Crippen LogP contribution in [0.5, 0.6) is 0 Å². The topological polar surface area (TPSA) is 21.3 Å². The predicted octanol–water partition coefficient (Wildman–Crippen LogP) is 2.31. The predicted molar refractivity (Wildman–Crippen MR) is 58.9 cm³/mol. The minimum Gasteiger partial charge on any atom is -0.377 e. The Morgan fingerprint density at radius 2 is 2.14 bits per heavy atom. The van der Waals surface area contributed by atoms with E-state index in [0.717, 1.165) is 19.0 Å². The average Bonchev–Trinajstić information content (AvgIpc) is 2.19. The molecule has 2 aliphatic rings. The van der Waals surface area contributed by atoms with Crippen LogP contribution in [0, 0.1) is 0 Å². The molecule has 0 aromatic carbocycles. The summed E-state index contributed by atoms with van der Waals surface area (Å²) in [5.74, 6) is 0.750. The number of alkyl halides is 1. The molecule has 0 amide bonds. The van der Waals surface area contributed by atoms with E-state index < -0.39 is 0 Å². The second-order valence-corrected chi connectivity index (χ2v) is 4.90. The van der Waals surface area contributed by atoms with Gasteiger partial charge in [-0.15, -0.1) is 11.6 Å². The van der Waals surface area contributed by atoms with Gasteiger partial charge in [0.15, 0.2) is 0 Å². The fourth-order valence-corrected chi connectivity index (χ4v) is 2.62. The molecule has 0 aromatic rings. The van der Waals surface area contributed by atoms with Crippen molar-refractivity contribution in [3.05, 3.63) is 0 Å².